The lowest BCUT2D eigenvalue weighted by Gasteiger charge is -2.38. The normalized spacial score (nSPS) is 20.9. The van der Waals surface area contributed by atoms with Crippen molar-refractivity contribution < 1.29 is 53.9 Å². The van der Waals surface area contributed by atoms with E-state index >= 15 is 0 Å². The van der Waals surface area contributed by atoms with Gasteiger partial charge < -0.3 is 19.4 Å². The first-order valence-corrected chi connectivity index (χ1v) is 9.89. The highest BCUT2D eigenvalue weighted by Crippen LogP contribution is 2.37. The van der Waals surface area contributed by atoms with Crippen LogP contribution in [0.1, 0.15) is 34.7 Å². The quantitative estimate of drug-likeness (QED) is 0.616. The highest BCUT2D eigenvalue weighted by atomic mass is 19.4. The summed E-state index contributed by atoms with van der Waals surface area (Å²) in [6, 6.07) is -0.581. The highest BCUT2D eigenvalue weighted by molar-refractivity contribution is 5.99. The van der Waals surface area contributed by atoms with E-state index in [1.54, 1.807) is 5.32 Å². The number of rotatable bonds is 5. The Bertz CT molecular complexity index is 1150. The SMILES string of the molecule is O=C1c2cc(-c3nnc(C(F)F)o3)cc(F)c2CN1C1CCOCC1NC(=O)C(F)(F)C(F)(F)F. The van der Waals surface area contributed by atoms with Crippen LogP contribution in [-0.2, 0) is 16.1 Å². The minimum atomic E-state index is -6.14. The summed E-state index contributed by atoms with van der Waals surface area (Å²) in [7, 11) is 0. The van der Waals surface area contributed by atoms with E-state index in [1.165, 1.54) is 0 Å². The van der Waals surface area contributed by atoms with Gasteiger partial charge in [0, 0.05) is 23.3 Å². The molecule has 0 bridgehead atoms. The lowest BCUT2D eigenvalue weighted by Crippen LogP contribution is -2.61. The summed E-state index contributed by atoms with van der Waals surface area (Å²) < 4.78 is 114. The molecule has 0 radical (unpaired) electrons. The molecule has 1 fully saturated rings. The van der Waals surface area contributed by atoms with Gasteiger partial charge in [-0.25, -0.2) is 4.39 Å². The van der Waals surface area contributed by atoms with Crippen LogP contribution in [0.2, 0.25) is 0 Å². The maximum atomic E-state index is 14.8. The predicted octanol–water partition coefficient (Wildman–Crippen LogP) is 3.24. The number of hydrogen-bond donors (Lipinski definition) is 1. The van der Waals surface area contributed by atoms with E-state index in [4.69, 9.17) is 9.15 Å². The van der Waals surface area contributed by atoms with Crippen LogP contribution in [0.25, 0.3) is 11.5 Å². The van der Waals surface area contributed by atoms with Crippen LogP contribution in [0.5, 0.6) is 0 Å². The van der Waals surface area contributed by atoms with Crippen molar-refractivity contribution in [3.8, 4) is 11.5 Å². The fourth-order valence-corrected chi connectivity index (χ4v) is 3.84. The van der Waals surface area contributed by atoms with E-state index in [1.807, 2.05) is 0 Å². The van der Waals surface area contributed by atoms with Crippen LogP contribution in [0.15, 0.2) is 16.5 Å². The van der Waals surface area contributed by atoms with Gasteiger partial charge >= 0.3 is 24.4 Å². The Hall–Kier alpha value is -3.30. The number of halogens is 8. The van der Waals surface area contributed by atoms with Gasteiger partial charge in [0.2, 0.25) is 5.89 Å². The zero-order valence-electron chi connectivity index (χ0n) is 17.2. The lowest BCUT2D eigenvalue weighted by atomic mass is 10.0. The zero-order valence-corrected chi connectivity index (χ0v) is 17.2. The molecule has 35 heavy (non-hydrogen) atoms. The first kappa shape index (κ1) is 24.8. The third-order valence-corrected chi connectivity index (χ3v) is 5.57. The Kier molecular flexibility index (Phi) is 6.19. The Labute approximate surface area is 190 Å². The van der Waals surface area contributed by atoms with Gasteiger partial charge in [0.05, 0.1) is 25.2 Å². The number of ether oxygens (including phenoxy) is 1. The van der Waals surface area contributed by atoms with Crippen molar-refractivity contribution in [1.29, 1.82) is 0 Å². The standard InChI is InChI=1S/C19H14F8N4O4/c20-10-4-7(14-29-30-15(35-14)13(21)22)3-8-9(10)5-31(16(8)32)12-1-2-34-6-11(12)28-17(33)18(23,24)19(25,26)27/h3-4,11-13H,1-2,5-6H2,(H,28,33). The molecule has 2 atom stereocenters. The number of amides is 2. The van der Waals surface area contributed by atoms with E-state index in [0.29, 0.717) is 0 Å². The van der Waals surface area contributed by atoms with Crippen molar-refractivity contribution in [2.75, 3.05) is 13.2 Å². The number of hydrogen-bond acceptors (Lipinski definition) is 6. The van der Waals surface area contributed by atoms with Gasteiger partial charge in [-0.3, -0.25) is 9.59 Å². The number of aromatic nitrogens is 2. The van der Waals surface area contributed by atoms with Crippen LogP contribution >= 0.6 is 0 Å². The highest BCUT2D eigenvalue weighted by Gasteiger charge is 2.64. The zero-order chi connectivity index (χ0) is 25.7. The summed E-state index contributed by atoms with van der Waals surface area (Å²) in [6.45, 7) is -0.880. The molecule has 3 heterocycles. The van der Waals surface area contributed by atoms with Crippen molar-refractivity contribution >= 4 is 11.8 Å². The molecule has 1 aromatic carbocycles. The molecule has 16 heteroatoms. The molecule has 4 rings (SSSR count). The molecule has 0 spiro atoms. The number of nitrogens with zero attached hydrogens (tertiary/aromatic N) is 3. The second-order valence-corrected chi connectivity index (χ2v) is 7.75. The minimum absolute atomic E-state index is 0.0149. The third-order valence-electron chi connectivity index (χ3n) is 5.57. The van der Waals surface area contributed by atoms with Crippen LogP contribution in [0.4, 0.5) is 35.1 Å². The van der Waals surface area contributed by atoms with Crippen LogP contribution in [-0.4, -0.2) is 64.3 Å². The first-order chi connectivity index (χ1) is 16.3. The summed E-state index contributed by atoms with van der Waals surface area (Å²) in [5.41, 5.74) is -0.545. The third kappa shape index (κ3) is 4.41. The van der Waals surface area contributed by atoms with Crippen molar-refractivity contribution in [3.63, 3.8) is 0 Å². The summed E-state index contributed by atoms with van der Waals surface area (Å²) in [5.74, 6) is -11.6. The molecule has 2 aromatic rings. The number of alkyl halides is 7. The molecule has 2 amide bonds. The van der Waals surface area contributed by atoms with Crippen molar-refractivity contribution in [2.45, 2.75) is 43.6 Å². The molecular formula is C19H14F8N4O4. The van der Waals surface area contributed by atoms with E-state index in [-0.39, 0.29) is 36.3 Å². The first-order valence-electron chi connectivity index (χ1n) is 9.89. The smallest absolute Gasteiger partial charge is 0.415 e. The van der Waals surface area contributed by atoms with Gasteiger partial charge in [0.15, 0.2) is 0 Å². The molecule has 190 valence electrons. The molecule has 2 aliphatic heterocycles. The molecular weight excluding hydrogens is 500 g/mol. The van der Waals surface area contributed by atoms with Crippen LogP contribution in [0.3, 0.4) is 0 Å². The Morgan fingerprint density at radius 3 is 2.51 bits per heavy atom. The summed E-state index contributed by atoms with van der Waals surface area (Å²) in [5, 5.41) is 8.08. The van der Waals surface area contributed by atoms with Gasteiger partial charge in [0.1, 0.15) is 5.82 Å². The van der Waals surface area contributed by atoms with Gasteiger partial charge in [-0.15, -0.1) is 10.2 Å². The number of carbonyl (C=O) groups excluding carboxylic acids is 2. The van der Waals surface area contributed by atoms with E-state index in [2.05, 4.69) is 10.2 Å². The van der Waals surface area contributed by atoms with Crippen molar-refractivity contribution in [2.24, 2.45) is 0 Å². The molecule has 2 aliphatic rings. The number of fused-ring (bicyclic) bond motifs is 1. The second kappa shape index (κ2) is 8.73. The topological polar surface area (TPSA) is 97.6 Å². The van der Waals surface area contributed by atoms with Crippen LogP contribution < -0.4 is 5.32 Å². The van der Waals surface area contributed by atoms with E-state index in [0.717, 1.165) is 17.0 Å². The van der Waals surface area contributed by atoms with Gasteiger partial charge in [0.25, 0.3) is 11.8 Å². The maximum Gasteiger partial charge on any atom is 0.463 e. The Morgan fingerprint density at radius 1 is 1.17 bits per heavy atom. The molecule has 1 N–H and O–H groups in total. The van der Waals surface area contributed by atoms with Gasteiger partial charge in [-0.1, -0.05) is 0 Å². The number of nitrogens with one attached hydrogen (secondary N) is 1. The monoisotopic (exact) mass is 514 g/mol. The van der Waals surface area contributed by atoms with Crippen LogP contribution in [0, 0.1) is 5.82 Å². The van der Waals surface area contributed by atoms with Crippen molar-refractivity contribution in [1.82, 2.24) is 20.4 Å². The number of benzene rings is 1. The second-order valence-electron chi connectivity index (χ2n) is 7.75. The van der Waals surface area contributed by atoms with E-state index < -0.39 is 66.6 Å². The summed E-state index contributed by atoms with van der Waals surface area (Å²) >= 11 is 0. The fraction of sp³-hybridized carbons (Fsp3) is 0.474. The van der Waals surface area contributed by atoms with Gasteiger partial charge in [-0.05, 0) is 18.6 Å². The van der Waals surface area contributed by atoms with E-state index in [9.17, 15) is 44.7 Å². The van der Waals surface area contributed by atoms with Gasteiger partial charge in [-0.2, -0.15) is 30.7 Å². The Morgan fingerprint density at radius 2 is 1.89 bits per heavy atom. The number of carbonyl (C=O) groups is 2. The summed E-state index contributed by atoms with van der Waals surface area (Å²) in [6.07, 6.45) is -9.28. The average Bonchev–Trinajstić information content (AvgIpc) is 3.39. The Balaban J connectivity index is 1.58. The fourth-order valence-electron chi connectivity index (χ4n) is 3.84. The lowest BCUT2D eigenvalue weighted by molar-refractivity contribution is -0.270. The molecule has 2 unspecified atom stereocenters. The molecule has 0 saturated carbocycles. The minimum Gasteiger partial charge on any atom is -0.415 e. The largest absolute Gasteiger partial charge is 0.463 e. The molecule has 8 nitrogen and oxygen atoms in total. The molecule has 1 saturated heterocycles. The summed E-state index contributed by atoms with van der Waals surface area (Å²) in [4.78, 5) is 25.7. The molecule has 0 aliphatic carbocycles. The van der Waals surface area contributed by atoms with Crippen molar-refractivity contribution in [3.05, 3.63) is 35.0 Å². The average molecular weight is 514 g/mol. The molecule has 1 aromatic heterocycles. The maximum absolute atomic E-state index is 14.8. The predicted molar refractivity (Wildman–Crippen MR) is 96.7 cm³/mol.